The topological polar surface area (TPSA) is 38.5 Å². The normalized spacial score (nSPS) is 11.8. The highest BCUT2D eigenvalue weighted by atomic mass is 35.5. The zero-order valence-electron chi connectivity index (χ0n) is 21.8. The highest BCUT2D eigenvalue weighted by Crippen LogP contribution is 2.37. The van der Waals surface area contributed by atoms with Crippen molar-refractivity contribution in [3.8, 4) is 5.75 Å². The number of ether oxygens (including phenoxy) is 1. The summed E-state index contributed by atoms with van der Waals surface area (Å²) in [6, 6.07) is 30.0. The van der Waals surface area contributed by atoms with E-state index < -0.39 is 11.7 Å². The molecule has 0 aromatic heterocycles. The molecule has 0 bridgehead atoms. The Balaban J connectivity index is 1.56. The summed E-state index contributed by atoms with van der Waals surface area (Å²) in [7, 11) is 0. The lowest BCUT2D eigenvalue weighted by Gasteiger charge is -2.29. The lowest BCUT2D eigenvalue weighted by molar-refractivity contribution is -0.137. The lowest BCUT2D eigenvalue weighted by atomic mass is 9.90. The van der Waals surface area contributed by atoms with E-state index in [0.29, 0.717) is 43.1 Å². The Morgan fingerprint density at radius 1 is 0.872 bits per heavy atom. The predicted octanol–water partition coefficient (Wildman–Crippen LogP) is 8.35. The second kappa shape index (κ2) is 13.0. The van der Waals surface area contributed by atoms with Crippen molar-refractivity contribution in [2.24, 2.45) is 0 Å². The first-order valence-electron chi connectivity index (χ1n) is 12.9. The summed E-state index contributed by atoms with van der Waals surface area (Å²) in [5, 5.41) is -0.252. The van der Waals surface area contributed by atoms with Gasteiger partial charge in [0.15, 0.2) is 0 Å². The molecule has 7 heteroatoms. The summed E-state index contributed by atoms with van der Waals surface area (Å²) in [6.45, 7) is 3.85. The molecule has 0 amide bonds. The molecule has 2 N–H and O–H groups in total. The van der Waals surface area contributed by atoms with Crippen molar-refractivity contribution in [2.75, 3.05) is 25.4 Å². The second-order valence-corrected chi connectivity index (χ2v) is 9.98. The summed E-state index contributed by atoms with van der Waals surface area (Å²) < 4.78 is 46.6. The number of nitrogens with two attached hydrogens (primary N) is 1. The van der Waals surface area contributed by atoms with E-state index >= 15 is 0 Å². The number of anilines is 1. The maximum Gasteiger partial charge on any atom is 0.417 e. The number of nitrogens with zero attached hydrogens (tertiary/aromatic N) is 1. The number of hydrogen-bond acceptors (Lipinski definition) is 3. The Hall–Kier alpha value is -3.48. The van der Waals surface area contributed by atoms with Gasteiger partial charge in [-0.25, -0.2) is 0 Å². The van der Waals surface area contributed by atoms with Gasteiger partial charge in [-0.3, -0.25) is 4.90 Å². The van der Waals surface area contributed by atoms with Gasteiger partial charge in [-0.1, -0.05) is 90.5 Å². The average Bonchev–Trinajstić information content (AvgIpc) is 2.92. The van der Waals surface area contributed by atoms with Crippen LogP contribution < -0.4 is 10.5 Å². The van der Waals surface area contributed by atoms with Crippen molar-refractivity contribution in [2.45, 2.75) is 32.0 Å². The molecule has 0 radical (unpaired) electrons. The maximum atomic E-state index is 13.6. The predicted molar refractivity (Wildman–Crippen MR) is 152 cm³/mol. The number of rotatable bonds is 11. The minimum Gasteiger partial charge on any atom is -0.493 e. The first-order chi connectivity index (χ1) is 18.7. The Bertz CT molecular complexity index is 1310. The monoisotopic (exact) mass is 552 g/mol. The van der Waals surface area contributed by atoms with Gasteiger partial charge in [0.1, 0.15) is 5.75 Å². The minimum atomic E-state index is -4.52. The van der Waals surface area contributed by atoms with E-state index in [1.807, 2.05) is 55.5 Å². The Morgan fingerprint density at radius 3 is 2.10 bits per heavy atom. The summed E-state index contributed by atoms with van der Waals surface area (Å²) in [6.07, 6.45) is -3.85. The molecule has 3 nitrogen and oxygen atoms in total. The first kappa shape index (κ1) is 28.5. The van der Waals surface area contributed by atoms with Crippen molar-refractivity contribution in [1.82, 2.24) is 4.90 Å². The van der Waals surface area contributed by atoms with E-state index in [4.69, 9.17) is 22.1 Å². The lowest BCUT2D eigenvalue weighted by Crippen LogP contribution is -2.31. The van der Waals surface area contributed by atoms with Crippen LogP contribution in [0.25, 0.3) is 0 Å². The largest absolute Gasteiger partial charge is 0.493 e. The van der Waals surface area contributed by atoms with Gasteiger partial charge < -0.3 is 10.5 Å². The van der Waals surface area contributed by atoms with E-state index in [1.165, 1.54) is 6.07 Å². The molecule has 4 rings (SSSR count). The van der Waals surface area contributed by atoms with Crippen molar-refractivity contribution >= 4 is 17.3 Å². The van der Waals surface area contributed by atoms with Crippen LogP contribution in [-0.2, 0) is 12.7 Å². The van der Waals surface area contributed by atoms with Gasteiger partial charge in [-0.05, 0) is 47.7 Å². The van der Waals surface area contributed by atoms with Crippen molar-refractivity contribution in [1.29, 1.82) is 0 Å². The van der Waals surface area contributed by atoms with Gasteiger partial charge in [0, 0.05) is 37.3 Å². The highest BCUT2D eigenvalue weighted by molar-refractivity contribution is 6.32. The number of aryl methyl sites for hydroxylation is 1. The fraction of sp³-hybridized carbons (Fsp3) is 0.250. The molecule has 0 saturated heterocycles. The minimum absolute atomic E-state index is 0.0230. The van der Waals surface area contributed by atoms with E-state index in [-0.39, 0.29) is 17.5 Å². The molecular weight excluding hydrogens is 521 g/mol. The third kappa shape index (κ3) is 7.78. The van der Waals surface area contributed by atoms with E-state index in [2.05, 4.69) is 29.2 Å². The third-order valence-electron chi connectivity index (χ3n) is 6.76. The molecule has 0 unspecified atom stereocenters. The van der Waals surface area contributed by atoms with E-state index in [9.17, 15) is 13.2 Å². The zero-order valence-corrected chi connectivity index (χ0v) is 22.6. The number of benzene rings is 4. The van der Waals surface area contributed by atoms with Crippen molar-refractivity contribution in [3.63, 3.8) is 0 Å². The molecule has 0 fully saturated rings. The van der Waals surface area contributed by atoms with Crippen LogP contribution in [0.1, 0.15) is 40.2 Å². The molecule has 4 aromatic carbocycles. The SMILES string of the molecule is Cc1ccc(OCCCN(Cc2cccc(C(F)(F)F)c2Cl)CC(c2ccccc2)c2ccccc2)cc1N. The summed E-state index contributed by atoms with van der Waals surface area (Å²) in [4.78, 5) is 2.15. The molecule has 204 valence electrons. The Kier molecular flexibility index (Phi) is 9.54. The summed E-state index contributed by atoms with van der Waals surface area (Å²) in [5.74, 6) is 0.715. The van der Waals surface area contributed by atoms with Gasteiger partial charge in [-0.2, -0.15) is 13.2 Å². The van der Waals surface area contributed by atoms with Gasteiger partial charge in [0.05, 0.1) is 17.2 Å². The van der Waals surface area contributed by atoms with E-state index in [0.717, 1.165) is 22.8 Å². The maximum absolute atomic E-state index is 13.6. The van der Waals surface area contributed by atoms with Crippen LogP contribution in [0.5, 0.6) is 5.75 Å². The van der Waals surface area contributed by atoms with Gasteiger partial charge >= 0.3 is 6.18 Å². The molecule has 39 heavy (non-hydrogen) atoms. The van der Waals surface area contributed by atoms with Crippen molar-refractivity contribution < 1.29 is 17.9 Å². The van der Waals surface area contributed by atoms with Gasteiger partial charge in [0.2, 0.25) is 0 Å². The molecule has 0 atom stereocenters. The summed E-state index contributed by atoms with van der Waals surface area (Å²) >= 11 is 6.29. The Labute approximate surface area is 233 Å². The third-order valence-corrected chi connectivity index (χ3v) is 7.21. The molecule has 0 aliphatic heterocycles. The first-order valence-corrected chi connectivity index (χ1v) is 13.3. The molecule has 0 spiro atoms. The average molecular weight is 553 g/mol. The summed E-state index contributed by atoms with van der Waals surface area (Å²) in [5.41, 5.74) is 9.55. The Morgan fingerprint density at radius 2 is 1.51 bits per heavy atom. The van der Waals surface area contributed by atoms with Crippen LogP contribution in [0.3, 0.4) is 0 Å². The fourth-order valence-corrected chi connectivity index (χ4v) is 4.91. The molecule has 4 aromatic rings. The molecule has 0 heterocycles. The van der Waals surface area contributed by atoms with Crippen LogP contribution >= 0.6 is 11.6 Å². The van der Waals surface area contributed by atoms with Gasteiger partial charge in [0.25, 0.3) is 0 Å². The number of hydrogen-bond donors (Lipinski definition) is 1. The molecule has 0 aliphatic carbocycles. The fourth-order valence-electron chi connectivity index (χ4n) is 4.62. The standard InChI is InChI=1S/C32H32ClF3N2O/c1-23-16-17-27(20-30(23)37)39-19-9-18-38(21-26-14-8-15-29(31(26)33)32(34,35)36)22-28(24-10-4-2-5-11-24)25-12-6-3-7-13-25/h2-8,10-17,20,28H,9,18-19,21-22,37H2,1H3. The number of halogens is 4. The van der Waals surface area contributed by atoms with Crippen molar-refractivity contribution in [3.05, 3.63) is 130 Å². The quantitative estimate of drug-likeness (QED) is 0.150. The van der Waals surface area contributed by atoms with Gasteiger partial charge in [-0.15, -0.1) is 0 Å². The van der Waals surface area contributed by atoms with Crippen LogP contribution in [0.4, 0.5) is 18.9 Å². The smallest absolute Gasteiger partial charge is 0.417 e. The van der Waals surface area contributed by atoms with Crippen LogP contribution in [0, 0.1) is 6.92 Å². The zero-order chi connectivity index (χ0) is 27.8. The number of alkyl halides is 3. The highest BCUT2D eigenvalue weighted by Gasteiger charge is 2.34. The molecular formula is C32H32ClF3N2O. The molecule has 0 saturated carbocycles. The second-order valence-electron chi connectivity index (χ2n) is 9.61. The van der Waals surface area contributed by atoms with Crippen LogP contribution in [0.2, 0.25) is 5.02 Å². The molecule has 0 aliphatic rings. The van der Waals surface area contributed by atoms with E-state index in [1.54, 1.807) is 12.1 Å². The van der Waals surface area contributed by atoms with Crippen LogP contribution in [0.15, 0.2) is 97.1 Å². The van der Waals surface area contributed by atoms with Crippen LogP contribution in [-0.4, -0.2) is 24.6 Å². The number of nitrogen functional groups attached to an aromatic ring is 1.